The largest absolute Gasteiger partial charge is 0.345 e. The van der Waals surface area contributed by atoms with E-state index in [0.29, 0.717) is 0 Å². The molecule has 1 saturated heterocycles. The Morgan fingerprint density at radius 2 is 2.36 bits per heavy atom. The van der Waals surface area contributed by atoms with Crippen LogP contribution in [0.4, 0.5) is 0 Å². The lowest BCUT2D eigenvalue weighted by Gasteiger charge is -2.16. The second-order valence-corrected chi connectivity index (χ2v) is 3.10. The molecule has 1 atom stereocenters. The van der Waals surface area contributed by atoms with Gasteiger partial charge in [-0.3, -0.25) is 4.79 Å². The Bertz CT molecular complexity index is 165. The van der Waals surface area contributed by atoms with E-state index >= 15 is 0 Å². The van der Waals surface area contributed by atoms with E-state index in [4.69, 9.17) is 0 Å². The molecule has 1 heterocycles. The highest BCUT2D eigenvalue weighted by Gasteiger charge is 2.21. The maximum atomic E-state index is 11.4. The van der Waals surface area contributed by atoms with E-state index in [2.05, 4.69) is 6.58 Å². The molecule has 1 rings (SSSR count). The summed E-state index contributed by atoms with van der Waals surface area (Å²) >= 11 is 0. The van der Waals surface area contributed by atoms with Gasteiger partial charge in [0, 0.05) is 13.6 Å². The summed E-state index contributed by atoms with van der Waals surface area (Å²) in [6.07, 6.45) is 5.02. The van der Waals surface area contributed by atoms with E-state index in [1.165, 1.54) is 0 Å². The number of carbonyl (C=O) groups is 1. The van der Waals surface area contributed by atoms with Crippen molar-refractivity contribution in [1.29, 1.82) is 0 Å². The Labute approximate surface area is 67.9 Å². The van der Waals surface area contributed by atoms with Gasteiger partial charge in [0.15, 0.2) is 0 Å². The first-order chi connectivity index (χ1) is 5.25. The van der Waals surface area contributed by atoms with Crippen LogP contribution in [0.2, 0.25) is 0 Å². The van der Waals surface area contributed by atoms with Gasteiger partial charge in [0.2, 0.25) is 5.91 Å². The number of rotatable bonds is 1. The van der Waals surface area contributed by atoms with Crippen molar-refractivity contribution in [2.45, 2.75) is 19.3 Å². The first kappa shape index (κ1) is 8.31. The van der Waals surface area contributed by atoms with Crippen LogP contribution in [0.15, 0.2) is 12.7 Å². The molecule has 2 heteroatoms. The minimum Gasteiger partial charge on any atom is -0.345 e. The van der Waals surface area contributed by atoms with Crippen LogP contribution in [0.1, 0.15) is 19.3 Å². The third-order valence-corrected chi connectivity index (χ3v) is 2.24. The summed E-state index contributed by atoms with van der Waals surface area (Å²) in [4.78, 5) is 13.2. The fraction of sp³-hybridized carbons (Fsp3) is 0.667. The zero-order valence-corrected chi connectivity index (χ0v) is 7.05. The van der Waals surface area contributed by atoms with Crippen molar-refractivity contribution in [1.82, 2.24) is 4.90 Å². The second kappa shape index (κ2) is 3.56. The molecular formula is C9H15NO. The van der Waals surface area contributed by atoms with Crippen LogP contribution in [-0.4, -0.2) is 24.4 Å². The fourth-order valence-electron chi connectivity index (χ4n) is 1.45. The lowest BCUT2D eigenvalue weighted by molar-refractivity contribution is -0.132. The Balaban J connectivity index is 2.63. The van der Waals surface area contributed by atoms with Gasteiger partial charge in [-0.2, -0.15) is 0 Å². The summed E-state index contributed by atoms with van der Waals surface area (Å²) < 4.78 is 0. The Morgan fingerprint density at radius 1 is 1.64 bits per heavy atom. The van der Waals surface area contributed by atoms with Gasteiger partial charge in [0.1, 0.15) is 0 Å². The molecule has 1 aliphatic heterocycles. The summed E-state index contributed by atoms with van der Waals surface area (Å²) in [6, 6.07) is 0. The molecule has 0 aromatic rings. The SMILES string of the molecule is C=CC1CCCCN(C)C1=O. The third-order valence-electron chi connectivity index (χ3n) is 2.24. The highest BCUT2D eigenvalue weighted by Crippen LogP contribution is 2.16. The van der Waals surface area contributed by atoms with Gasteiger partial charge in [-0.15, -0.1) is 6.58 Å². The van der Waals surface area contributed by atoms with Gasteiger partial charge >= 0.3 is 0 Å². The maximum absolute atomic E-state index is 11.4. The van der Waals surface area contributed by atoms with Gasteiger partial charge in [0.05, 0.1) is 5.92 Å². The molecule has 2 nitrogen and oxygen atoms in total. The first-order valence-electron chi connectivity index (χ1n) is 4.13. The van der Waals surface area contributed by atoms with E-state index in [9.17, 15) is 4.79 Å². The van der Waals surface area contributed by atoms with E-state index < -0.39 is 0 Å². The van der Waals surface area contributed by atoms with Crippen LogP contribution >= 0.6 is 0 Å². The van der Waals surface area contributed by atoms with E-state index in [1.54, 1.807) is 11.0 Å². The predicted octanol–water partition coefficient (Wildman–Crippen LogP) is 1.43. The quantitative estimate of drug-likeness (QED) is 0.522. The van der Waals surface area contributed by atoms with E-state index in [-0.39, 0.29) is 11.8 Å². The Morgan fingerprint density at radius 3 is 3.00 bits per heavy atom. The summed E-state index contributed by atoms with van der Waals surface area (Å²) in [5, 5.41) is 0. The van der Waals surface area contributed by atoms with Crippen molar-refractivity contribution >= 4 is 5.91 Å². The van der Waals surface area contributed by atoms with Gasteiger partial charge in [-0.1, -0.05) is 12.5 Å². The molecule has 0 bridgehead atoms. The summed E-state index contributed by atoms with van der Waals surface area (Å²) in [6.45, 7) is 4.57. The van der Waals surface area contributed by atoms with E-state index in [0.717, 1.165) is 25.8 Å². The second-order valence-electron chi connectivity index (χ2n) is 3.10. The van der Waals surface area contributed by atoms with Gasteiger partial charge in [-0.25, -0.2) is 0 Å². The molecule has 0 saturated carbocycles. The van der Waals surface area contributed by atoms with Crippen LogP contribution in [0.3, 0.4) is 0 Å². The minimum atomic E-state index is 0.0718. The average Bonchev–Trinajstić information content (AvgIpc) is 2.16. The number of hydrogen-bond acceptors (Lipinski definition) is 1. The standard InChI is InChI=1S/C9H15NO/c1-3-8-6-4-5-7-10(2)9(8)11/h3,8H,1,4-7H2,2H3. The molecule has 0 N–H and O–H groups in total. The topological polar surface area (TPSA) is 20.3 Å². The Kier molecular flexibility index (Phi) is 2.69. The highest BCUT2D eigenvalue weighted by atomic mass is 16.2. The zero-order valence-electron chi connectivity index (χ0n) is 7.05. The van der Waals surface area contributed by atoms with Crippen molar-refractivity contribution in [2.75, 3.05) is 13.6 Å². The van der Waals surface area contributed by atoms with Crippen molar-refractivity contribution in [3.63, 3.8) is 0 Å². The molecule has 0 aromatic heterocycles. The number of carbonyl (C=O) groups excluding carboxylic acids is 1. The maximum Gasteiger partial charge on any atom is 0.229 e. The first-order valence-corrected chi connectivity index (χ1v) is 4.13. The number of nitrogens with zero attached hydrogens (tertiary/aromatic N) is 1. The molecule has 1 fully saturated rings. The van der Waals surface area contributed by atoms with E-state index in [1.807, 2.05) is 7.05 Å². The minimum absolute atomic E-state index is 0.0718. The van der Waals surface area contributed by atoms with Crippen molar-refractivity contribution in [3.05, 3.63) is 12.7 Å². The summed E-state index contributed by atoms with van der Waals surface area (Å²) in [5.41, 5.74) is 0. The van der Waals surface area contributed by atoms with Crippen molar-refractivity contribution in [3.8, 4) is 0 Å². The highest BCUT2D eigenvalue weighted by molar-refractivity contribution is 5.80. The summed E-state index contributed by atoms with van der Waals surface area (Å²) in [5.74, 6) is 0.306. The molecule has 1 unspecified atom stereocenters. The zero-order chi connectivity index (χ0) is 8.27. The fourth-order valence-corrected chi connectivity index (χ4v) is 1.45. The molecule has 0 aromatic carbocycles. The lowest BCUT2D eigenvalue weighted by Crippen LogP contribution is -2.30. The molecular weight excluding hydrogens is 138 g/mol. The molecule has 1 aliphatic rings. The van der Waals surface area contributed by atoms with Gasteiger partial charge in [0.25, 0.3) is 0 Å². The average molecular weight is 153 g/mol. The monoisotopic (exact) mass is 153 g/mol. The van der Waals surface area contributed by atoms with Crippen LogP contribution in [-0.2, 0) is 4.79 Å². The summed E-state index contributed by atoms with van der Waals surface area (Å²) in [7, 11) is 1.87. The molecule has 11 heavy (non-hydrogen) atoms. The smallest absolute Gasteiger partial charge is 0.229 e. The van der Waals surface area contributed by atoms with Gasteiger partial charge in [-0.05, 0) is 12.8 Å². The van der Waals surface area contributed by atoms with Crippen molar-refractivity contribution < 1.29 is 4.79 Å². The molecule has 1 amide bonds. The molecule has 0 spiro atoms. The number of amides is 1. The van der Waals surface area contributed by atoms with Crippen LogP contribution in [0.5, 0.6) is 0 Å². The molecule has 0 radical (unpaired) electrons. The van der Waals surface area contributed by atoms with Crippen molar-refractivity contribution in [2.24, 2.45) is 5.92 Å². The number of hydrogen-bond donors (Lipinski definition) is 0. The van der Waals surface area contributed by atoms with Crippen LogP contribution in [0, 0.1) is 5.92 Å². The molecule has 62 valence electrons. The predicted molar refractivity (Wildman–Crippen MR) is 45.2 cm³/mol. The number of likely N-dealkylation sites (tertiary alicyclic amines) is 1. The third kappa shape index (κ3) is 1.82. The lowest BCUT2D eigenvalue weighted by atomic mass is 10.0. The van der Waals surface area contributed by atoms with Gasteiger partial charge < -0.3 is 4.90 Å². The van der Waals surface area contributed by atoms with Crippen LogP contribution in [0.25, 0.3) is 0 Å². The molecule has 0 aliphatic carbocycles. The Hall–Kier alpha value is -0.790. The van der Waals surface area contributed by atoms with Crippen LogP contribution < -0.4 is 0 Å². The normalized spacial score (nSPS) is 26.5.